The Kier molecular flexibility index (Phi) is 2.85. The van der Waals surface area contributed by atoms with Gasteiger partial charge in [0.15, 0.2) is 0 Å². The molecule has 0 saturated heterocycles. The predicted octanol–water partition coefficient (Wildman–Crippen LogP) is 1.20. The summed E-state index contributed by atoms with van der Waals surface area (Å²) in [6, 6.07) is 1.68. The van der Waals surface area contributed by atoms with Crippen molar-refractivity contribution < 1.29 is 14.1 Å². The van der Waals surface area contributed by atoms with E-state index < -0.39 is 0 Å². The molecule has 0 amide bonds. The number of hydrogen-bond donors (Lipinski definition) is 0. The highest BCUT2D eigenvalue weighted by molar-refractivity contribution is 5.75. The predicted molar refractivity (Wildman–Crippen MR) is 42.1 cm³/mol. The van der Waals surface area contributed by atoms with Gasteiger partial charge in [-0.2, -0.15) is 0 Å². The van der Waals surface area contributed by atoms with E-state index in [0.29, 0.717) is 24.5 Å². The molecule has 0 aliphatic carbocycles. The summed E-state index contributed by atoms with van der Waals surface area (Å²) in [6.45, 7) is 1.55. The molecule has 0 bridgehead atoms. The Hall–Kier alpha value is -1.32. The van der Waals surface area contributed by atoms with Gasteiger partial charge in [-0.15, -0.1) is 0 Å². The van der Waals surface area contributed by atoms with Crippen LogP contribution in [0.2, 0.25) is 0 Å². The highest BCUT2D eigenvalue weighted by Gasteiger charge is 2.04. The highest BCUT2D eigenvalue weighted by atomic mass is 16.5. The normalized spacial score (nSPS) is 9.83. The number of rotatable bonds is 4. The van der Waals surface area contributed by atoms with Crippen LogP contribution in [-0.4, -0.2) is 18.0 Å². The molecule has 4 nitrogen and oxygen atoms in total. The largest absolute Gasteiger partial charge is 0.479 e. The van der Waals surface area contributed by atoms with Crippen LogP contribution in [-0.2, 0) is 11.2 Å². The van der Waals surface area contributed by atoms with Crippen LogP contribution in [0, 0.1) is 0 Å². The number of Topliss-reactive ketones (excluding diaryl/α,β-unsaturated/α-hetero) is 1. The minimum Gasteiger partial charge on any atom is -0.479 e. The van der Waals surface area contributed by atoms with Gasteiger partial charge in [0.25, 0.3) is 5.88 Å². The molecule has 0 N–H and O–H groups in total. The van der Waals surface area contributed by atoms with Crippen molar-refractivity contribution in [3.05, 3.63) is 11.8 Å². The van der Waals surface area contributed by atoms with E-state index in [4.69, 9.17) is 9.26 Å². The van der Waals surface area contributed by atoms with Gasteiger partial charge >= 0.3 is 0 Å². The maximum Gasteiger partial charge on any atom is 0.254 e. The summed E-state index contributed by atoms with van der Waals surface area (Å²) in [6.07, 6.45) is 1.07. The van der Waals surface area contributed by atoms with Crippen LogP contribution in [0.15, 0.2) is 10.6 Å². The fourth-order valence-corrected chi connectivity index (χ4v) is 0.807. The van der Waals surface area contributed by atoms with Crippen molar-refractivity contribution in [3.8, 4) is 5.88 Å². The number of methoxy groups -OCH3 is 1. The first-order valence-electron chi connectivity index (χ1n) is 3.71. The fourth-order valence-electron chi connectivity index (χ4n) is 0.807. The Labute approximate surface area is 70.5 Å². The number of aryl methyl sites for hydroxylation is 1. The van der Waals surface area contributed by atoms with Crippen LogP contribution in [0.3, 0.4) is 0 Å². The molecule has 1 rings (SSSR count). The van der Waals surface area contributed by atoms with Crippen LogP contribution in [0.25, 0.3) is 0 Å². The van der Waals surface area contributed by atoms with Gasteiger partial charge in [0.05, 0.1) is 7.11 Å². The Morgan fingerprint density at radius 3 is 3.00 bits per heavy atom. The van der Waals surface area contributed by atoms with Crippen LogP contribution in [0.4, 0.5) is 0 Å². The van der Waals surface area contributed by atoms with Gasteiger partial charge in [-0.1, -0.05) is 0 Å². The second-order valence-electron chi connectivity index (χ2n) is 2.54. The van der Waals surface area contributed by atoms with Crippen molar-refractivity contribution >= 4 is 5.78 Å². The zero-order valence-electron chi connectivity index (χ0n) is 7.16. The maximum atomic E-state index is 10.6. The topological polar surface area (TPSA) is 52.3 Å². The number of ether oxygens (including phenoxy) is 1. The first kappa shape index (κ1) is 8.77. The lowest BCUT2D eigenvalue weighted by Gasteiger charge is -1.88. The van der Waals surface area contributed by atoms with Gasteiger partial charge in [0, 0.05) is 18.9 Å². The van der Waals surface area contributed by atoms with Gasteiger partial charge in [-0.25, -0.2) is 0 Å². The van der Waals surface area contributed by atoms with Crippen molar-refractivity contribution in [1.82, 2.24) is 5.16 Å². The molecule has 1 heterocycles. The third-order valence-corrected chi connectivity index (χ3v) is 1.47. The molecular weight excluding hydrogens is 158 g/mol. The summed E-state index contributed by atoms with van der Waals surface area (Å²) < 4.78 is 9.69. The van der Waals surface area contributed by atoms with E-state index in [1.165, 1.54) is 7.11 Å². The number of nitrogens with zero attached hydrogens (tertiary/aromatic N) is 1. The number of carbonyl (C=O) groups is 1. The van der Waals surface area contributed by atoms with E-state index in [1.807, 2.05) is 0 Å². The zero-order chi connectivity index (χ0) is 8.97. The average molecular weight is 169 g/mol. The Bertz CT molecular complexity index is 267. The molecule has 0 spiro atoms. The molecule has 0 aliphatic rings. The molecule has 0 aliphatic heterocycles. The first-order valence-corrected chi connectivity index (χ1v) is 3.71. The number of ketones is 1. The summed E-state index contributed by atoms with van der Waals surface area (Å²) in [5.41, 5.74) is 0. The summed E-state index contributed by atoms with van der Waals surface area (Å²) in [5, 5.41) is 3.60. The lowest BCUT2D eigenvalue weighted by Crippen LogP contribution is -1.92. The molecule has 1 aromatic heterocycles. The van der Waals surface area contributed by atoms with Crippen molar-refractivity contribution in [3.63, 3.8) is 0 Å². The summed E-state index contributed by atoms with van der Waals surface area (Å²) >= 11 is 0. The van der Waals surface area contributed by atoms with Crippen LogP contribution in [0.1, 0.15) is 19.1 Å². The zero-order valence-corrected chi connectivity index (χ0v) is 7.16. The number of hydrogen-bond acceptors (Lipinski definition) is 4. The van der Waals surface area contributed by atoms with Gasteiger partial charge in [0.2, 0.25) is 0 Å². The number of aromatic nitrogens is 1. The van der Waals surface area contributed by atoms with Gasteiger partial charge in [-0.3, -0.25) is 0 Å². The third kappa shape index (κ3) is 2.38. The molecule has 1 aromatic rings. The van der Waals surface area contributed by atoms with Crippen LogP contribution in [0.5, 0.6) is 5.88 Å². The van der Waals surface area contributed by atoms with Crippen molar-refractivity contribution in [2.75, 3.05) is 7.11 Å². The SMILES string of the molecule is COc1cc(CCC(C)=O)on1. The fraction of sp³-hybridized carbons (Fsp3) is 0.500. The van der Waals surface area contributed by atoms with Crippen LogP contribution < -0.4 is 4.74 Å². The van der Waals surface area contributed by atoms with Gasteiger partial charge in [0.1, 0.15) is 11.5 Å². The summed E-state index contributed by atoms with van der Waals surface area (Å²) in [5.74, 6) is 1.28. The van der Waals surface area contributed by atoms with Crippen molar-refractivity contribution in [2.45, 2.75) is 19.8 Å². The third-order valence-electron chi connectivity index (χ3n) is 1.47. The molecule has 0 radical (unpaired) electrons. The first-order chi connectivity index (χ1) is 5.72. The number of carbonyl (C=O) groups excluding carboxylic acids is 1. The lowest BCUT2D eigenvalue weighted by atomic mass is 10.2. The molecule has 0 saturated carbocycles. The Morgan fingerprint density at radius 2 is 2.50 bits per heavy atom. The lowest BCUT2D eigenvalue weighted by molar-refractivity contribution is -0.117. The molecule has 66 valence electrons. The van der Waals surface area contributed by atoms with Gasteiger partial charge in [-0.05, 0) is 12.1 Å². The van der Waals surface area contributed by atoms with Crippen molar-refractivity contribution in [1.29, 1.82) is 0 Å². The molecule has 4 heteroatoms. The average Bonchev–Trinajstić information content (AvgIpc) is 2.48. The van der Waals surface area contributed by atoms with Gasteiger partial charge < -0.3 is 14.1 Å². The monoisotopic (exact) mass is 169 g/mol. The molecule has 0 unspecified atom stereocenters. The van der Waals surface area contributed by atoms with E-state index in [9.17, 15) is 4.79 Å². The standard InChI is InChI=1S/C8H11NO3/c1-6(10)3-4-7-5-8(11-2)9-12-7/h5H,3-4H2,1-2H3. The molecule has 0 aromatic carbocycles. The second kappa shape index (κ2) is 3.90. The summed E-state index contributed by atoms with van der Waals surface area (Å²) in [4.78, 5) is 10.6. The molecule has 0 atom stereocenters. The van der Waals surface area contributed by atoms with E-state index in [1.54, 1.807) is 13.0 Å². The highest BCUT2D eigenvalue weighted by Crippen LogP contribution is 2.11. The van der Waals surface area contributed by atoms with E-state index >= 15 is 0 Å². The maximum absolute atomic E-state index is 10.6. The second-order valence-corrected chi connectivity index (χ2v) is 2.54. The van der Waals surface area contributed by atoms with Crippen molar-refractivity contribution in [2.24, 2.45) is 0 Å². The minimum absolute atomic E-state index is 0.144. The Balaban J connectivity index is 2.47. The smallest absolute Gasteiger partial charge is 0.254 e. The molecular formula is C8H11NO3. The molecule has 12 heavy (non-hydrogen) atoms. The van der Waals surface area contributed by atoms with E-state index in [2.05, 4.69) is 5.16 Å². The minimum atomic E-state index is 0.144. The summed E-state index contributed by atoms with van der Waals surface area (Å²) in [7, 11) is 1.52. The quantitative estimate of drug-likeness (QED) is 0.679. The Morgan fingerprint density at radius 1 is 1.75 bits per heavy atom. The van der Waals surface area contributed by atoms with E-state index in [-0.39, 0.29) is 5.78 Å². The molecule has 0 fully saturated rings. The van der Waals surface area contributed by atoms with E-state index in [0.717, 1.165) is 0 Å². The van der Waals surface area contributed by atoms with Crippen LogP contribution >= 0.6 is 0 Å².